The number of benzene rings is 8. The van der Waals surface area contributed by atoms with E-state index in [-0.39, 0.29) is 100.0 Å². The van der Waals surface area contributed by atoms with Gasteiger partial charge >= 0.3 is 0 Å². The Labute approximate surface area is 348 Å². The molecule has 0 aliphatic heterocycles. The summed E-state index contributed by atoms with van der Waals surface area (Å²) in [6.45, 7) is 0. The number of hydrogen-bond donors (Lipinski definition) is 0. The van der Waals surface area contributed by atoms with Gasteiger partial charge in [0, 0.05) is 47.6 Å². The largest absolute Gasteiger partial charge is 0.309 e. The smallest absolute Gasteiger partial charge is 0.166 e. The van der Waals surface area contributed by atoms with E-state index in [4.69, 9.17) is 28.7 Å². The van der Waals surface area contributed by atoms with Crippen molar-refractivity contribution in [3.05, 3.63) is 194 Å². The number of hydrogen-bond acceptors (Lipinski definition) is 4. The minimum Gasteiger partial charge on any atom is -0.309 e. The highest BCUT2D eigenvalue weighted by Gasteiger charge is 2.20. The van der Waals surface area contributed by atoms with Crippen molar-refractivity contribution in [3.8, 4) is 62.1 Å². The van der Waals surface area contributed by atoms with Crippen LogP contribution < -0.4 is 0 Å². The van der Waals surface area contributed by atoms with Gasteiger partial charge in [0.05, 0.1) is 37.3 Å². The first-order valence-corrected chi connectivity index (χ1v) is 18.4. The van der Waals surface area contributed by atoms with Crippen LogP contribution in [0.5, 0.6) is 0 Å². The number of rotatable bonds is 6. The first-order valence-electron chi connectivity index (χ1n) is 25.1. The average Bonchev–Trinajstić information content (AvgIpc) is 3.98. The second-order valence-corrected chi connectivity index (χ2v) is 13.9. The summed E-state index contributed by atoms with van der Waals surface area (Å²) in [6.07, 6.45) is 0. The lowest BCUT2D eigenvalue weighted by Crippen LogP contribution is -2.04. The molecule has 0 aliphatic rings. The minimum absolute atomic E-state index is 0.00902. The maximum atomic E-state index is 9.62. The standard InChI is InChI=1S/C51H32N4S/c1-3-13-33(14-4-1)34-23-25-36(26-24-34)50-52-49(35-15-5-2-6-16-35)53-51(54-50)43-31-37(38-27-29-42-41-19-9-12-22-47(41)56-48(42)32-38)28-30-46(43)55-44-20-10-7-17-39(44)40-18-8-11-21-45(40)55/h1-32H/i7D,8D,9D,10D,11D,12D,17D,18D,19D,20D,21D,22D,27D,29D,32D. The van der Waals surface area contributed by atoms with E-state index in [9.17, 15) is 6.85 Å². The predicted octanol–water partition coefficient (Wildman–Crippen LogP) is 13.7. The van der Waals surface area contributed by atoms with Crippen LogP contribution in [0.15, 0.2) is 194 Å². The van der Waals surface area contributed by atoms with Crippen LogP contribution in [0.4, 0.5) is 0 Å². The Morgan fingerprint density at radius 2 is 0.929 bits per heavy atom. The lowest BCUT2D eigenvalue weighted by molar-refractivity contribution is 1.06. The molecule has 4 nitrogen and oxygen atoms in total. The molecule has 0 atom stereocenters. The van der Waals surface area contributed by atoms with Crippen LogP contribution in [0.2, 0.25) is 0 Å². The van der Waals surface area contributed by atoms with Crippen LogP contribution in [-0.2, 0) is 0 Å². The maximum absolute atomic E-state index is 9.62. The Morgan fingerprint density at radius 3 is 1.62 bits per heavy atom. The van der Waals surface area contributed by atoms with E-state index < -0.39 is 72.5 Å². The second kappa shape index (κ2) is 13.3. The average molecular weight is 748 g/mol. The fourth-order valence-corrected chi connectivity index (χ4v) is 7.92. The summed E-state index contributed by atoms with van der Waals surface area (Å²) in [5, 5.41) is -0.237. The minimum atomic E-state index is -0.619. The van der Waals surface area contributed by atoms with Crippen LogP contribution in [0.1, 0.15) is 20.6 Å². The van der Waals surface area contributed by atoms with Gasteiger partial charge in [-0.1, -0.05) is 157 Å². The van der Waals surface area contributed by atoms with Crippen molar-refractivity contribution in [2.75, 3.05) is 0 Å². The maximum Gasteiger partial charge on any atom is 0.166 e. The summed E-state index contributed by atoms with van der Waals surface area (Å²) < 4.78 is 136. The van der Waals surface area contributed by atoms with Crippen LogP contribution >= 0.6 is 11.3 Å². The number of para-hydroxylation sites is 2. The quantitative estimate of drug-likeness (QED) is 0.170. The zero-order valence-corrected chi connectivity index (χ0v) is 29.8. The molecule has 0 saturated heterocycles. The van der Waals surface area contributed by atoms with E-state index in [1.807, 2.05) is 84.9 Å². The summed E-state index contributed by atoms with van der Waals surface area (Å²) in [5.74, 6) is 0.436. The van der Waals surface area contributed by atoms with Gasteiger partial charge in [-0.3, -0.25) is 0 Å². The van der Waals surface area contributed by atoms with E-state index in [1.54, 1.807) is 6.07 Å². The van der Waals surface area contributed by atoms with E-state index in [1.165, 1.54) is 16.7 Å². The molecular formula is C51H32N4S. The van der Waals surface area contributed by atoms with Crippen LogP contribution in [-0.4, -0.2) is 19.5 Å². The van der Waals surface area contributed by atoms with Crippen LogP contribution in [0, 0.1) is 0 Å². The fraction of sp³-hybridized carbons (Fsp3) is 0. The van der Waals surface area contributed by atoms with Gasteiger partial charge in [-0.15, -0.1) is 11.3 Å². The van der Waals surface area contributed by atoms with Crippen LogP contribution in [0.25, 0.3) is 104 Å². The number of aromatic nitrogens is 4. The summed E-state index contributed by atoms with van der Waals surface area (Å²) in [6, 6.07) is 23.7. The zero-order chi connectivity index (χ0) is 50.1. The third-order valence-electron chi connectivity index (χ3n) is 9.60. The SMILES string of the molecule is [2H]c1c([2H])c([2H])c2c(sc3c([2H])c(-c4ccc(-n5c6c([2H])c([2H])c([2H])c([2H])c6c6c([2H])c([2H])c([2H])c([2H])c65)c(-c5nc(-c6ccccc6)nc(-c6ccc(-c7ccccc7)cc6)n5)c4)c([2H])c([2H])c32)c1[2H]. The first-order chi connectivity index (χ1) is 34.0. The van der Waals surface area contributed by atoms with Crippen LogP contribution in [0.3, 0.4) is 0 Å². The second-order valence-electron chi connectivity index (χ2n) is 12.9. The van der Waals surface area contributed by atoms with E-state index in [0.717, 1.165) is 22.5 Å². The molecule has 3 heterocycles. The number of thiophene rings is 1. The summed E-state index contributed by atoms with van der Waals surface area (Å²) >= 11 is 0.916. The molecule has 262 valence electrons. The van der Waals surface area contributed by atoms with E-state index in [2.05, 4.69) is 0 Å². The topological polar surface area (TPSA) is 43.6 Å². The van der Waals surface area contributed by atoms with Crippen molar-refractivity contribution < 1.29 is 20.6 Å². The molecule has 56 heavy (non-hydrogen) atoms. The molecule has 0 spiro atoms. The van der Waals surface area contributed by atoms with Gasteiger partial charge in [-0.05, 0) is 58.6 Å². The number of nitrogens with zero attached hydrogens (tertiary/aromatic N) is 4. The Hall–Kier alpha value is -7.21. The Balaban J connectivity index is 1.27. The highest BCUT2D eigenvalue weighted by molar-refractivity contribution is 7.25. The lowest BCUT2D eigenvalue weighted by atomic mass is 9.99. The molecule has 11 aromatic rings. The molecule has 3 aromatic heterocycles. The highest BCUT2D eigenvalue weighted by Crippen LogP contribution is 2.40. The fourth-order valence-electron chi connectivity index (χ4n) is 6.95. The molecule has 0 radical (unpaired) electrons. The normalized spacial score (nSPS) is 15.3. The van der Waals surface area contributed by atoms with Crippen molar-refractivity contribution >= 4 is 53.3 Å². The van der Waals surface area contributed by atoms with Crippen molar-refractivity contribution in [1.29, 1.82) is 0 Å². The summed E-state index contributed by atoms with van der Waals surface area (Å²) in [5.41, 5.74) is 3.13. The molecule has 0 unspecified atom stereocenters. The van der Waals surface area contributed by atoms with Crippen molar-refractivity contribution in [1.82, 2.24) is 19.5 Å². The van der Waals surface area contributed by atoms with Crippen molar-refractivity contribution in [3.63, 3.8) is 0 Å². The number of fused-ring (bicyclic) bond motifs is 6. The van der Waals surface area contributed by atoms with Gasteiger partial charge in [0.1, 0.15) is 0 Å². The van der Waals surface area contributed by atoms with Gasteiger partial charge in [0.15, 0.2) is 17.5 Å². The first kappa shape index (κ1) is 20.5. The van der Waals surface area contributed by atoms with Gasteiger partial charge in [0.25, 0.3) is 0 Å². The molecular weight excluding hydrogens is 701 g/mol. The third-order valence-corrected chi connectivity index (χ3v) is 10.6. The van der Waals surface area contributed by atoms with E-state index in [0.29, 0.717) is 11.1 Å². The summed E-state index contributed by atoms with van der Waals surface area (Å²) in [4.78, 5) is 15.0. The van der Waals surface area contributed by atoms with Gasteiger partial charge in [-0.25, -0.2) is 15.0 Å². The molecule has 5 heteroatoms. The molecule has 0 saturated carbocycles. The Bertz CT molecular complexity index is 4030. The van der Waals surface area contributed by atoms with Gasteiger partial charge in [-0.2, -0.15) is 0 Å². The monoisotopic (exact) mass is 747 g/mol. The van der Waals surface area contributed by atoms with Crippen molar-refractivity contribution in [2.24, 2.45) is 0 Å². The zero-order valence-electron chi connectivity index (χ0n) is 44.0. The van der Waals surface area contributed by atoms with Crippen molar-refractivity contribution in [2.45, 2.75) is 0 Å². The molecule has 8 aromatic carbocycles. The Kier molecular flexibility index (Phi) is 4.85. The molecule has 0 fully saturated rings. The molecule has 0 bridgehead atoms. The predicted molar refractivity (Wildman–Crippen MR) is 234 cm³/mol. The molecule has 11 rings (SSSR count). The van der Waals surface area contributed by atoms with E-state index >= 15 is 0 Å². The third kappa shape index (κ3) is 5.48. The lowest BCUT2D eigenvalue weighted by Gasteiger charge is -2.16. The van der Waals surface area contributed by atoms with Gasteiger partial charge in [0.2, 0.25) is 0 Å². The highest BCUT2D eigenvalue weighted by atomic mass is 32.1. The summed E-state index contributed by atoms with van der Waals surface area (Å²) in [7, 11) is 0. The molecule has 0 amide bonds. The molecule has 0 N–H and O–H groups in total. The Morgan fingerprint density at radius 1 is 0.411 bits per heavy atom. The molecule has 0 aliphatic carbocycles. The van der Waals surface area contributed by atoms with Gasteiger partial charge < -0.3 is 4.57 Å².